The molecule has 4 nitrogen and oxygen atoms in total. The number of sulfonamides is 1. The van der Waals surface area contributed by atoms with Crippen molar-refractivity contribution >= 4 is 26.0 Å². The molecule has 1 aliphatic heterocycles. The number of benzene rings is 1. The summed E-state index contributed by atoms with van der Waals surface area (Å²) in [4.78, 5) is 0.341. The van der Waals surface area contributed by atoms with Gasteiger partial charge in [-0.25, -0.2) is 8.42 Å². The lowest BCUT2D eigenvalue weighted by molar-refractivity contribution is 0.203. The molecule has 0 amide bonds. The normalized spacial score (nSPS) is 24.8. The third-order valence-corrected chi connectivity index (χ3v) is 6.93. The Balaban J connectivity index is 2.31. The number of nitrogens with zero attached hydrogens (tertiary/aromatic N) is 1. The van der Waals surface area contributed by atoms with Gasteiger partial charge in [0.15, 0.2) is 0 Å². The quantitative estimate of drug-likeness (QED) is 0.899. The summed E-state index contributed by atoms with van der Waals surface area (Å²) in [6.07, 6.45) is 0.866. The predicted octanol–water partition coefficient (Wildman–Crippen LogP) is 2.36. The number of aryl methyl sites for hydroxylation is 1. The Hall–Kier alpha value is -0.430. The molecule has 0 aromatic heterocycles. The first-order chi connectivity index (χ1) is 9.36. The van der Waals surface area contributed by atoms with E-state index in [1.54, 1.807) is 10.4 Å². The van der Waals surface area contributed by atoms with Crippen molar-refractivity contribution in [3.8, 4) is 0 Å². The third-order valence-electron chi connectivity index (χ3n) is 4.08. The molecule has 0 aliphatic carbocycles. The zero-order valence-corrected chi connectivity index (χ0v) is 14.2. The van der Waals surface area contributed by atoms with Gasteiger partial charge in [0.05, 0.1) is 4.90 Å². The Kier molecular flexibility index (Phi) is 4.89. The molecule has 1 aromatic rings. The van der Waals surface area contributed by atoms with Gasteiger partial charge in [-0.05, 0) is 65.4 Å². The average molecular weight is 361 g/mol. The standard InChI is InChI=1S/C14H21BrN2O2S/c1-10-3-4-14(13(15)7-10)20(18,19)17-6-5-11(2)12(8-16)9-17/h3-4,7,11-12H,5-6,8-9,16H2,1-2H3. The van der Waals surface area contributed by atoms with Crippen LogP contribution in [0.15, 0.2) is 27.6 Å². The minimum Gasteiger partial charge on any atom is -0.330 e. The van der Waals surface area contributed by atoms with Crippen molar-refractivity contribution in [3.05, 3.63) is 28.2 Å². The van der Waals surface area contributed by atoms with Crippen LogP contribution >= 0.6 is 15.9 Å². The van der Waals surface area contributed by atoms with Crippen LogP contribution in [0, 0.1) is 18.8 Å². The van der Waals surface area contributed by atoms with Gasteiger partial charge in [0, 0.05) is 17.6 Å². The fourth-order valence-electron chi connectivity index (χ4n) is 2.60. The summed E-state index contributed by atoms with van der Waals surface area (Å²) in [6, 6.07) is 5.33. The largest absolute Gasteiger partial charge is 0.330 e. The Morgan fingerprint density at radius 3 is 2.75 bits per heavy atom. The topological polar surface area (TPSA) is 63.4 Å². The predicted molar refractivity (Wildman–Crippen MR) is 84.0 cm³/mol. The van der Waals surface area contributed by atoms with Gasteiger partial charge in [0.1, 0.15) is 0 Å². The van der Waals surface area contributed by atoms with Crippen LogP contribution in [-0.2, 0) is 10.0 Å². The lowest BCUT2D eigenvalue weighted by Gasteiger charge is -2.35. The summed E-state index contributed by atoms with van der Waals surface area (Å²) in [7, 11) is -3.44. The molecule has 0 saturated carbocycles. The molecule has 1 fully saturated rings. The first kappa shape index (κ1) is 15.9. The van der Waals surface area contributed by atoms with Crippen molar-refractivity contribution in [1.82, 2.24) is 4.31 Å². The molecule has 1 heterocycles. The van der Waals surface area contributed by atoms with Crippen molar-refractivity contribution in [2.75, 3.05) is 19.6 Å². The van der Waals surface area contributed by atoms with Crippen LogP contribution in [0.1, 0.15) is 18.9 Å². The fourth-order valence-corrected chi connectivity index (χ4v) is 5.26. The van der Waals surface area contributed by atoms with E-state index in [1.807, 2.05) is 19.1 Å². The molecule has 20 heavy (non-hydrogen) atoms. The van der Waals surface area contributed by atoms with Crippen LogP contribution in [0.4, 0.5) is 0 Å². The first-order valence-corrected chi connectivity index (χ1v) is 9.06. The minimum absolute atomic E-state index is 0.239. The maximum absolute atomic E-state index is 12.7. The van der Waals surface area contributed by atoms with Gasteiger partial charge in [0.25, 0.3) is 0 Å². The Morgan fingerprint density at radius 1 is 1.45 bits per heavy atom. The minimum atomic E-state index is -3.44. The van der Waals surface area contributed by atoms with E-state index in [1.165, 1.54) is 0 Å². The van der Waals surface area contributed by atoms with Crippen molar-refractivity contribution < 1.29 is 8.42 Å². The van der Waals surface area contributed by atoms with E-state index < -0.39 is 10.0 Å². The van der Waals surface area contributed by atoms with E-state index in [-0.39, 0.29) is 5.92 Å². The second-order valence-corrected chi connectivity index (χ2v) is 8.32. The Bertz CT molecular complexity index is 589. The molecule has 2 atom stereocenters. The highest BCUT2D eigenvalue weighted by molar-refractivity contribution is 9.10. The SMILES string of the molecule is Cc1ccc(S(=O)(=O)N2CCC(C)C(CN)C2)c(Br)c1. The smallest absolute Gasteiger partial charge is 0.244 e. The highest BCUT2D eigenvalue weighted by Gasteiger charge is 2.33. The summed E-state index contributed by atoms with van der Waals surface area (Å²) in [5, 5.41) is 0. The zero-order chi connectivity index (χ0) is 14.9. The zero-order valence-electron chi connectivity index (χ0n) is 11.8. The van der Waals surface area contributed by atoms with Gasteiger partial charge in [-0.15, -0.1) is 0 Å². The summed E-state index contributed by atoms with van der Waals surface area (Å²) in [5.74, 6) is 0.718. The van der Waals surface area contributed by atoms with E-state index in [0.29, 0.717) is 34.9 Å². The summed E-state index contributed by atoms with van der Waals surface area (Å²) in [5.41, 5.74) is 6.79. The first-order valence-electron chi connectivity index (χ1n) is 6.82. The molecule has 0 spiro atoms. The van der Waals surface area contributed by atoms with Crippen LogP contribution in [0.5, 0.6) is 0 Å². The average Bonchev–Trinajstić information content (AvgIpc) is 2.38. The lowest BCUT2D eigenvalue weighted by atomic mass is 9.88. The number of halogens is 1. The maximum atomic E-state index is 12.7. The Labute approximate surface area is 129 Å². The van der Waals surface area contributed by atoms with Crippen molar-refractivity contribution in [1.29, 1.82) is 0 Å². The summed E-state index contributed by atoms with van der Waals surface area (Å²) in [6.45, 7) is 5.69. The molecular formula is C14H21BrN2O2S. The monoisotopic (exact) mass is 360 g/mol. The number of hydrogen-bond acceptors (Lipinski definition) is 3. The highest BCUT2D eigenvalue weighted by Crippen LogP contribution is 2.30. The van der Waals surface area contributed by atoms with Crippen molar-refractivity contribution in [2.24, 2.45) is 17.6 Å². The second-order valence-electron chi connectivity index (χ2n) is 5.56. The van der Waals surface area contributed by atoms with Gasteiger partial charge in [-0.2, -0.15) is 4.31 Å². The molecule has 1 saturated heterocycles. The van der Waals surface area contributed by atoms with E-state index in [9.17, 15) is 8.42 Å². The second kappa shape index (κ2) is 6.13. The fraction of sp³-hybridized carbons (Fsp3) is 0.571. The summed E-state index contributed by atoms with van der Waals surface area (Å²) < 4.78 is 27.7. The molecular weight excluding hydrogens is 340 g/mol. The number of rotatable bonds is 3. The number of hydrogen-bond donors (Lipinski definition) is 1. The molecule has 0 bridgehead atoms. The van der Waals surface area contributed by atoms with Crippen LogP contribution in [-0.4, -0.2) is 32.4 Å². The molecule has 1 aliphatic rings. The van der Waals surface area contributed by atoms with Gasteiger partial charge < -0.3 is 5.73 Å². The van der Waals surface area contributed by atoms with Gasteiger partial charge in [0.2, 0.25) is 10.0 Å². The third kappa shape index (κ3) is 3.08. The molecule has 112 valence electrons. The number of nitrogens with two attached hydrogens (primary N) is 1. The van der Waals surface area contributed by atoms with Crippen LogP contribution in [0.3, 0.4) is 0 Å². The van der Waals surface area contributed by atoms with E-state index >= 15 is 0 Å². The lowest BCUT2D eigenvalue weighted by Crippen LogP contribution is -2.45. The molecule has 0 radical (unpaired) electrons. The van der Waals surface area contributed by atoms with Crippen molar-refractivity contribution in [2.45, 2.75) is 25.2 Å². The van der Waals surface area contributed by atoms with E-state index in [0.717, 1.165) is 12.0 Å². The summed E-state index contributed by atoms with van der Waals surface area (Å²) >= 11 is 3.36. The van der Waals surface area contributed by atoms with Gasteiger partial charge >= 0.3 is 0 Å². The van der Waals surface area contributed by atoms with Gasteiger partial charge in [-0.3, -0.25) is 0 Å². The number of piperidine rings is 1. The van der Waals surface area contributed by atoms with Crippen LogP contribution in [0.25, 0.3) is 0 Å². The van der Waals surface area contributed by atoms with Crippen LogP contribution < -0.4 is 5.73 Å². The molecule has 1 aromatic carbocycles. The highest BCUT2D eigenvalue weighted by atomic mass is 79.9. The molecule has 2 unspecified atom stereocenters. The molecule has 2 N–H and O–H groups in total. The van der Waals surface area contributed by atoms with Crippen molar-refractivity contribution in [3.63, 3.8) is 0 Å². The van der Waals surface area contributed by atoms with E-state index in [4.69, 9.17) is 5.73 Å². The molecule has 2 rings (SSSR count). The maximum Gasteiger partial charge on any atom is 0.244 e. The molecule has 6 heteroatoms. The Morgan fingerprint density at radius 2 is 2.15 bits per heavy atom. The van der Waals surface area contributed by atoms with Crippen LogP contribution in [0.2, 0.25) is 0 Å². The van der Waals surface area contributed by atoms with Gasteiger partial charge in [-0.1, -0.05) is 13.0 Å². The van der Waals surface area contributed by atoms with E-state index in [2.05, 4.69) is 22.9 Å².